The zero-order valence-corrected chi connectivity index (χ0v) is 10.0. The summed E-state index contributed by atoms with van der Waals surface area (Å²) in [6, 6.07) is 16.1. The van der Waals surface area contributed by atoms with Crippen molar-refractivity contribution < 1.29 is 4.74 Å². The summed E-state index contributed by atoms with van der Waals surface area (Å²) in [5.74, 6) is 1.72. The zero-order chi connectivity index (χ0) is 12.1. The Kier molecular flexibility index (Phi) is 3.78. The quantitative estimate of drug-likeness (QED) is 0.869. The molecular weight excluding hydrogens is 210 g/mol. The maximum atomic E-state index is 5.74. The van der Waals surface area contributed by atoms with Crippen LogP contribution in [0.3, 0.4) is 0 Å². The number of benzene rings is 2. The summed E-state index contributed by atoms with van der Waals surface area (Å²) in [7, 11) is 0. The number of hydrogen-bond donors (Lipinski definition) is 1. The molecule has 2 aromatic carbocycles. The molecule has 0 saturated heterocycles. The fourth-order valence-corrected chi connectivity index (χ4v) is 1.63. The first-order valence-corrected chi connectivity index (χ1v) is 5.81. The molecule has 0 aliphatic carbocycles. The predicted octanol–water partition coefficient (Wildman–Crippen LogP) is 3.29. The van der Waals surface area contributed by atoms with Gasteiger partial charge in [-0.1, -0.05) is 29.8 Å². The van der Waals surface area contributed by atoms with Gasteiger partial charge in [0, 0.05) is 0 Å². The third kappa shape index (κ3) is 3.33. The Hall–Kier alpha value is -1.80. The number of aryl methyl sites for hydroxylation is 1. The van der Waals surface area contributed by atoms with Crippen LogP contribution in [0.15, 0.2) is 48.5 Å². The summed E-state index contributed by atoms with van der Waals surface area (Å²) in [5.41, 5.74) is 7.98. The molecule has 0 aliphatic heterocycles. The van der Waals surface area contributed by atoms with Crippen molar-refractivity contribution in [2.45, 2.75) is 13.3 Å². The van der Waals surface area contributed by atoms with Crippen molar-refractivity contribution in [3.8, 4) is 11.5 Å². The summed E-state index contributed by atoms with van der Waals surface area (Å²) in [5, 5.41) is 0. The maximum absolute atomic E-state index is 5.74. The highest BCUT2D eigenvalue weighted by Crippen LogP contribution is 2.21. The molecule has 17 heavy (non-hydrogen) atoms. The lowest BCUT2D eigenvalue weighted by Gasteiger charge is -2.06. The van der Waals surface area contributed by atoms with Gasteiger partial charge in [0.25, 0.3) is 0 Å². The van der Waals surface area contributed by atoms with E-state index >= 15 is 0 Å². The lowest BCUT2D eigenvalue weighted by molar-refractivity contribution is 0.482. The average Bonchev–Trinajstić information content (AvgIpc) is 2.35. The normalized spacial score (nSPS) is 10.2. The Morgan fingerprint density at radius 3 is 1.94 bits per heavy atom. The monoisotopic (exact) mass is 227 g/mol. The van der Waals surface area contributed by atoms with Crippen molar-refractivity contribution in [3.63, 3.8) is 0 Å². The molecule has 0 saturated carbocycles. The van der Waals surface area contributed by atoms with Crippen LogP contribution in [0.1, 0.15) is 11.1 Å². The Labute approximate surface area is 102 Å². The molecule has 0 unspecified atom stereocenters. The number of ether oxygens (including phenoxy) is 1. The van der Waals surface area contributed by atoms with Crippen LogP contribution in [0.2, 0.25) is 0 Å². The van der Waals surface area contributed by atoms with Crippen LogP contribution in [0.5, 0.6) is 11.5 Å². The summed E-state index contributed by atoms with van der Waals surface area (Å²) >= 11 is 0. The minimum Gasteiger partial charge on any atom is -0.457 e. The first kappa shape index (κ1) is 11.7. The second kappa shape index (κ2) is 5.51. The molecule has 0 heterocycles. The third-order valence-corrected chi connectivity index (χ3v) is 2.61. The second-order valence-corrected chi connectivity index (χ2v) is 4.10. The molecule has 2 heteroatoms. The zero-order valence-electron chi connectivity index (χ0n) is 10.0. The number of nitrogens with two attached hydrogens (primary N) is 1. The largest absolute Gasteiger partial charge is 0.457 e. The van der Waals surface area contributed by atoms with Gasteiger partial charge in [0.2, 0.25) is 0 Å². The van der Waals surface area contributed by atoms with Gasteiger partial charge in [-0.25, -0.2) is 0 Å². The van der Waals surface area contributed by atoms with Crippen LogP contribution in [0, 0.1) is 6.92 Å². The van der Waals surface area contributed by atoms with Gasteiger partial charge in [0.15, 0.2) is 0 Å². The summed E-state index contributed by atoms with van der Waals surface area (Å²) in [6.45, 7) is 2.74. The molecule has 0 aromatic heterocycles. The van der Waals surface area contributed by atoms with E-state index in [4.69, 9.17) is 10.5 Å². The molecule has 0 bridgehead atoms. The molecule has 0 radical (unpaired) electrons. The van der Waals surface area contributed by atoms with Gasteiger partial charge in [-0.15, -0.1) is 0 Å². The van der Waals surface area contributed by atoms with Gasteiger partial charge in [-0.3, -0.25) is 0 Å². The number of rotatable bonds is 4. The highest BCUT2D eigenvalue weighted by Gasteiger charge is 1.97. The topological polar surface area (TPSA) is 35.2 Å². The summed E-state index contributed by atoms with van der Waals surface area (Å²) in [6.07, 6.45) is 0.908. The Bertz CT molecular complexity index is 459. The smallest absolute Gasteiger partial charge is 0.127 e. The van der Waals surface area contributed by atoms with Gasteiger partial charge in [-0.2, -0.15) is 0 Å². The van der Waals surface area contributed by atoms with E-state index in [1.165, 1.54) is 11.1 Å². The van der Waals surface area contributed by atoms with E-state index in [9.17, 15) is 0 Å². The predicted molar refractivity (Wildman–Crippen MR) is 70.5 cm³/mol. The van der Waals surface area contributed by atoms with Crippen LogP contribution in [0.4, 0.5) is 0 Å². The van der Waals surface area contributed by atoms with Crippen molar-refractivity contribution in [2.75, 3.05) is 6.54 Å². The Balaban J connectivity index is 2.05. The highest BCUT2D eigenvalue weighted by atomic mass is 16.5. The van der Waals surface area contributed by atoms with Crippen LogP contribution < -0.4 is 10.5 Å². The van der Waals surface area contributed by atoms with Gasteiger partial charge < -0.3 is 10.5 Å². The van der Waals surface area contributed by atoms with E-state index < -0.39 is 0 Å². The summed E-state index contributed by atoms with van der Waals surface area (Å²) < 4.78 is 5.74. The molecule has 88 valence electrons. The van der Waals surface area contributed by atoms with Gasteiger partial charge in [0.1, 0.15) is 11.5 Å². The number of hydrogen-bond acceptors (Lipinski definition) is 2. The Morgan fingerprint density at radius 2 is 1.41 bits per heavy atom. The standard InChI is InChI=1S/C15H17NO/c1-12-2-6-14(7-3-12)17-15-8-4-13(5-9-15)10-11-16/h2-9H,10-11,16H2,1H3. The molecular formula is C15H17NO. The summed E-state index contributed by atoms with van der Waals surface area (Å²) in [4.78, 5) is 0. The van der Waals surface area contributed by atoms with E-state index in [2.05, 4.69) is 19.1 Å². The van der Waals surface area contributed by atoms with E-state index in [1.807, 2.05) is 36.4 Å². The molecule has 0 fully saturated rings. The van der Waals surface area contributed by atoms with E-state index in [-0.39, 0.29) is 0 Å². The minimum absolute atomic E-state index is 0.679. The molecule has 2 rings (SSSR count). The first-order chi connectivity index (χ1) is 8.28. The van der Waals surface area contributed by atoms with Crippen LogP contribution in [0.25, 0.3) is 0 Å². The molecule has 0 spiro atoms. The fraction of sp³-hybridized carbons (Fsp3) is 0.200. The highest BCUT2D eigenvalue weighted by molar-refractivity contribution is 5.34. The minimum atomic E-state index is 0.679. The van der Waals surface area contributed by atoms with E-state index in [0.717, 1.165) is 17.9 Å². The van der Waals surface area contributed by atoms with E-state index in [0.29, 0.717) is 6.54 Å². The van der Waals surface area contributed by atoms with E-state index in [1.54, 1.807) is 0 Å². The molecule has 2 nitrogen and oxygen atoms in total. The van der Waals surface area contributed by atoms with Gasteiger partial charge in [-0.05, 0) is 49.7 Å². The van der Waals surface area contributed by atoms with Crippen molar-refractivity contribution in [1.29, 1.82) is 0 Å². The molecule has 2 aromatic rings. The SMILES string of the molecule is Cc1ccc(Oc2ccc(CCN)cc2)cc1. The molecule has 0 aliphatic rings. The second-order valence-electron chi connectivity index (χ2n) is 4.10. The maximum Gasteiger partial charge on any atom is 0.127 e. The molecule has 2 N–H and O–H groups in total. The van der Waals surface area contributed by atoms with Gasteiger partial charge >= 0.3 is 0 Å². The third-order valence-electron chi connectivity index (χ3n) is 2.61. The van der Waals surface area contributed by atoms with Crippen LogP contribution >= 0.6 is 0 Å². The van der Waals surface area contributed by atoms with Crippen molar-refractivity contribution in [2.24, 2.45) is 5.73 Å². The average molecular weight is 227 g/mol. The van der Waals surface area contributed by atoms with Crippen molar-refractivity contribution in [3.05, 3.63) is 59.7 Å². The molecule has 0 amide bonds. The first-order valence-electron chi connectivity index (χ1n) is 5.81. The van der Waals surface area contributed by atoms with Crippen LogP contribution in [-0.4, -0.2) is 6.54 Å². The Morgan fingerprint density at radius 1 is 0.882 bits per heavy atom. The van der Waals surface area contributed by atoms with Crippen molar-refractivity contribution in [1.82, 2.24) is 0 Å². The lowest BCUT2D eigenvalue weighted by Crippen LogP contribution is -2.02. The molecule has 0 atom stereocenters. The van der Waals surface area contributed by atoms with Crippen molar-refractivity contribution >= 4 is 0 Å². The van der Waals surface area contributed by atoms with Crippen LogP contribution in [-0.2, 0) is 6.42 Å². The van der Waals surface area contributed by atoms with Gasteiger partial charge in [0.05, 0.1) is 0 Å². The fourth-order valence-electron chi connectivity index (χ4n) is 1.63. The lowest BCUT2D eigenvalue weighted by atomic mass is 10.1.